The van der Waals surface area contributed by atoms with Crippen LogP contribution in [0.2, 0.25) is 0 Å². The van der Waals surface area contributed by atoms with Crippen LogP contribution in [-0.2, 0) is 6.54 Å². The van der Waals surface area contributed by atoms with Gasteiger partial charge in [0.25, 0.3) is 0 Å². The summed E-state index contributed by atoms with van der Waals surface area (Å²) >= 11 is 0. The average molecular weight is 294 g/mol. The van der Waals surface area contributed by atoms with Gasteiger partial charge in [0.05, 0.1) is 18.3 Å². The van der Waals surface area contributed by atoms with Crippen molar-refractivity contribution in [3.8, 4) is 0 Å². The van der Waals surface area contributed by atoms with Gasteiger partial charge in [-0.3, -0.25) is 9.58 Å². The highest BCUT2D eigenvalue weighted by atomic mass is 16.3. The van der Waals surface area contributed by atoms with E-state index in [1.165, 1.54) is 12.8 Å². The van der Waals surface area contributed by atoms with Crippen LogP contribution in [0.25, 0.3) is 0 Å². The molecule has 0 aliphatic carbocycles. The lowest BCUT2D eigenvalue weighted by Crippen LogP contribution is -2.38. The fraction of sp³-hybridized carbons (Fsp3) is 0.812. The second-order valence-corrected chi connectivity index (χ2v) is 6.01. The highest BCUT2D eigenvalue weighted by molar-refractivity contribution is 5.00. The molecule has 1 fully saturated rings. The van der Waals surface area contributed by atoms with Crippen molar-refractivity contribution in [2.24, 2.45) is 0 Å². The van der Waals surface area contributed by atoms with Crippen molar-refractivity contribution in [3.05, 3.63) is 18.0 Å². The van der Waals surface area contributed by atoms with Crippen LogP contribution in [0.15, 0.2) is 12.3 Å². The van der Waals surface area contributed by atoms with Gasteiger partial charge in [-0.25, -0.2) is 0 Å². The van der Waals surface area contributed by atoms with Crippen LogP contribution >= 0.6 is 0 Å². The maximum atomic E-state index is 9.27. The van der Waals surface area contributed by atoms with E-state index in [0.717, 1.165) is 44.7 Å². The van der Waals surface area contributed by atoms with Crippen LogP contribution in [-0.4, -0.2) is 52.1 Å². The van der Waals surface area contributed by atoms with E-state index in [1.54, 1.807) is 0 Å². The standard InChI is InChI=1S/C16H30N4O/c1-3-16(4-2)20-9-7-15(18-20)13-19(10-11-21)12-14-6-5-8-17-14/h7,9,14,16-17,21H,3-6,8,10-13H2,1-2H3. The molecule has 2 rings (SSSR count). The largest absolute Gasteiger partial charge is 0.395 e. The van der Waals surface area contributed by atoms with Crippen LogP contribution in [0, 0.1) is 0 Å². The van der Waals surface area contributed by atoms with Crippen molar-refractivity contribution < 1.29 is 5.11 Å². The summed E-state index contributed by atoms with van der Waals surface area (Å²) in [7, 11) is 0. The first kappa shape index (κ1) is 16.5. The fourth-order valence-electron chi connectivity index (χ4n) is 3.16. The van der Waals surface area contributed by atoms with Crippen LogP contribution < -0.4 is 5.32 Å². The summed E-state index contributed by atoms with van der Waals surface area (Å²) in [5.41, 5.74) is 1.10. The van der Waals surface area contributed by atoms with E-state index < -0.39 is 0 Å². The molecule has 1 aromatic rings. The van der Waals surface area contributed by atoms with Crippen molar-refractivity contribution >= 4 is 0 Å². The number of hydrogen-bond acceptors (Lipinski definition) is 4. The third-order valence-corrected chi connectivity index (χ3v) is 4.42. The van der Waals surface area contributed by atoms with Gasteiger partial charge >= 0.3 is 0 Å². The predicted molar refractivity (Wildman–Crippen MR) is 85.2 cm³/mol. The second-order valence-electron chi connectivity index (χ2n) is 6.01. The second kappa shape index (κ2) is 8.51. The maximum absolute atomic E-state index is 9.27. The van der Waals surface area contributed by atoms with E-state index in [4.69, 9.17) is 5.10 Å². The Bertz CT molecular complexity index is 397. The maximum Gasteiger partial charge on any atom is 0.0764 e. The zero-order valence-corrected chi connectivity index (χ0v) is 13.5. The monoisotopic (exact) mass is 294 g/mol. The Labute approximate surface area is 128 Å². The Morgan fingerprint density at radius 2 is 2.29 bits per heavy atom. The van der Waals surface area contributed by atoms with E-state index in [0.29, 0.717) is 12.1 Å². The molecule has 1 saturated heterocycles. The first-order valence-electron chi connectivity index (χ1n) is 8.37. The fourth-order valence-corrected chi connectivity index (χ4v) is 3.16. The van der Waals surface area contributed by atoms with Crippen LogP contribution in [0.3, 0.4) is 0 Å². The zero-order valence-electron chi connectivity index (χ0n) is 13.5. The Morgan fingerprint density at radius 3 is 2.90 bits per heavy atom. The normalized spacial score (nSPS) is 19.0. The first-order valence-corrected chi connectivity index (χ1v) is 8.37. The van der Waals surface area contributed by atoms with Crippen LogP contribution in [0.4, 0.5) is 0 Å². The molecule has 0 amide bonds. The Morgan fingerprint density at radius 1 is 1.48 bits per heavy atom. The Balaban J connectivity index is 1.92. The molecule has 1 aromatic heterocycles. The van der Waals surface area contributed by atoms with E-state index >= 15 is 0 Å². The van der Waals surface area contributed by atoms with E-state index in [-0.39, 0.29) is 6.61 Å². The number of hydrogen-bond donors (Lipinski definition) is 2. The minimum Gasteiger partial charge on any atom is -0.395 e. The molecule has 2 heterocycles. The van der Waals surface area contributed by atoms with Gasteiger partial charge in [-0.1, -0.05) is 13.8 Å². The topological polar surface area (TPSA) is 53.3 Å². The van der Waals surface area contributed by atoms with Gasteiger partial charge in [-0.15, -0.1) is 0 Å². The third kappa shape index (κ3) is 4.80. The minimum absolute atomic E-state index is 0.208. The summed E-state index contributed by atoms with van der Waals surface area (Å²) in [6, 6.07) is 3.18. The molecular weight excluding hydrogens is 264 g/mol. The van der Waals surface area contributed by atoms with Crippen molar-refractivity contribution in [3.63, 3.8) is 0 Å². The molecule has 0 aromatic carbocycles. The number of nitrogens with zero attached hydrogens (tertiary/aromatic N) is 3. The molecule has 0 spiro atoms. The van der Waals surface area contributed by atoms with Crippen LogP contribution in [0.1, 0.15) is 51.3 Å². The number of aromatic nitrogens is 2. The lowest BCUT2D eigenvalue weighted by atomic mass is 10.2. The van der Waals surface area contributed by atoms with Crippen molar-refractivity contribution in [2.45, 2.75) is 58.2 Å². The first-order chi connectivity index (χ1) is 10.3. The van der Waals surface area contributed by atoms with Gasteiger partial charge in [-0.2, -0.15) is 5.10 Å². The molecule has 120 valence electrons. The van der Waals surface area contributed by atoms with Gasteiger partial charge in [-0.05, 0) is 38.3 Å². The molecule has 0 bridgehead atoms. The summed E-state index contributed by atoms with van der Waals surface area (Å²) in [5, 5.41) is 17.5. The summed E-state index contributed by atoms with van der Waals surface area (Å²) in [6.07, 6.45) is 6.83. The highest BCUT2D eigenvalue weighted by Crippen LogP contribution is 2.15. The molecule has 5 nitrogen and oxygen atoms in total. The number of rotatable bonds is 9. The minimum atomic E-state index is 0.208. The number of aliphatic hydroxyl groups excluding tert-OH is 1. The Kier molecular flexibility index (Phi) is 6.67. The van der Waals surface area contributed by atoms with Crippen molar-refractivity contribution in [1.29, 1.82) is 0 Å². The molecule has 21 heavy (non-hydrogen) atoms. The van der Waals surface area contributed by atoms with Gasteiger partial charge in [0, 0.05) is 31.9 Å². The summed E-state index contributed by atoms with van der Waals surface area (Å²) in [6.45, 7) is 8.29. The smallest absolute Gasteiger partial charge is 0.0764 e. The average Bonchev–Trinajstić information content (AvgIpc) is 3.13. The molecule has 1 atom stereocenters. The van der Waals surface area contributed by atoms with Gasteiger partial charge in [0.2, 0.25) is 0 Å². The molecule has 0 radical (unpaired) electrons. The molecule has 1 aliphatic heterocycles. The lowest BCUT2D eigenvalue weighted by molar-refractivity contribution is 0.177. The molecule has 1 aliphatic rings. The molecule has 5 heteroatoms. The highest BCUT2D eigenvalue weighted by Gasteiger charge is 2.18. The molecule has 2 N–H and O–H groups in total. The zero-order chi connectivity index (χ0) is 15.1. The molecular formula is C16H30N4O. The van der Waals surface area contributed by atoms with Gasteiger partial charge in [0.15, 0.2) is 0 Å². The number of aliphatic hydroxyl groups is 1. The molecule has 0 saturated carbocycles. The lowest BCUT2D eigenvalue weighted by Gasteiger charge is -2.24. The third-order valence-electron chi connectivity index (χ3n) is 4.42. The summed E-state index contributed by atoms with van der Waals surface area (Å²) in [4.78, 5) is 2.31. The SMILES string of the molecule is CCC(CC)n1ccc(CN(CCO)CC2CCCN2)n1. The van der Waals surface area contributed by atoms with E-state index in [1.807, 2.05) is 0 Å². The Hall–Kier alpha value is -0.910. The van der Waals surface area contributed by atoms with Crippen molar-refractivity contribution in [2.75, 3.05) is 26.2 Å². The summed E-state index contributed by atoms with van der Waals surface area (Å²) in [5.74, 6) is 0. The van der Waals surface area contributed by atoms with Crippen LogP contribution in [0.5, 0.6) is 0 Å². The van der Waals surface area contributed by atoms with Gasteiger partial charge < -0.3 is 10.4 Å². The number of nitrogens with one attached hydrogen (secondary N) is 1. The predicted octanol–water partition coefficient (Wildman–Crippen LogP) is 1.79. The van der Waals surface area contributed by atoms with Gasteiger partial charge in [0.1, 0.15) is 0 Å². The quantitative estimate of drug-likeness (QED) is 0.729. The van der Waals surface area contributed by atoms with Crippen molar-refractivity contribution in [1.82, 2.24) is 20.0 Å². The van der Waals surface area contributed by atoms with E-state index in [2.05, 4.69) is 41.0 Å². The van der Waals surface area contributed by atoms with E-state index in [9.17, 15) is 5.11 Å². The molecule has 1 unspecified atom stereocenters. The summed E-state index contributed by atoms with van der Waals surface area (Å²) < 4.78 is 2.10.